The van der Waals surface area contributed by atoms with Gasteiger partial charge in [-0.15, -0.1) is 0 Å². The fourth-order valence-electron chi connectivity index (χ4n) is 3.12. The molecule has 9 nitrogen and oxygen atoms in total. The van der Waals surface area contributed by atoms with E-state index in [1.54, 1.807) is 20.2 Å². The monoisotopic (exact) mass is 407 g/mol. The summed E-state index contributed by atoms with van der Waals surface area (Å²) < 4.78 is 36.7. The molecular weight excluding hydrogens is 382 g/mol. The third-order valence-corrected chi connectivity index (χ3v) is 6.41. The molecule has 1 aliphatic rings. The first-order chi connectivity index (χ1) is 13.5. The van der Waals surface area contributed by atoms with Gasteiger partial charge in [0, 0.05) is 51.4 Å². The lowest BCUT2D eigenvalue weighted by Gasteiger charge is -2.35. The van der Waals surface area contributed by atoms with Crippen LogP contribution in [0.15, 0.2) is 46.1 Å². The van der Waals surface area contributed by atoms with Crippen LogP contribution in [-0.4, -0.2) is 69.1 Å². The number of methoxy groups -OCH3 is 1. The van der Waals surface area contributed by atoms with Gasteiger partial charge in [-0.05, 0) is 6.07 Å². The summed E-state index contributed by atoms with van der Waals surface area (Å²) in [6.45, 7) is 2.49. The van der Waals surface area contributed by atoms with E-state index in [1.165, 1.54) is 10.6 Å². The molecular formula is C18H25N5O4S. The summed E-state index contributed by atoms with van der Waals surface area (Å²) >= 11 is 0. The number of aliphatic imine (C=N–C) groups is 1. The number of ether oxygens (including phenoxy) is 1. The number of rotatable bonds is 6. The number of benzene rings is 1. The summed E-state index contributed by atoms with van der Waals surface area (Å²) in [4.78, 5) is 6.38. The van der Waals surface area contributed by atoms with E-state index in [2.05, 4.69) is 20.4 Å². The SMILES string of the molecule is CN=C(NCc1ccccc1OC)N1CCN(S(=O)(=O)Cc2ccon2)CC1. The van der Waals surface area contributed by atoms with Gasteiger partial charge >= 0.3 is 0 Å². The standard InChI is InChI=1S/C18H25N5O4S/c1-19-18(20-13-15-5-3-4-6-17(15)26-2)22-8-10-23(11-9-22)28(24,25)14-16-7-12-27-21-16/h3-7,12H,8-11,13-14H2,1-2H3,(H,19,20). The molecule has 1 saturated heterocycles. The van der Waals surface area contributed by atoms with Crippen LogP contribution in [0.25, 0.3) is 0 Å². The zero-order valence-electron chi connectivity index (χ0n) is 16.0. The van der Waals surface area contributed by atoms with E-state index in [-0.39, 0.29) is 5.75 Å². The second-order valence-corrected chi connectivity index (χ2v) is 8.31. The second-order valence-electron chi connectivity index (χ2n) is 6.35. The Morgan fingerprint density at radius 1 is 1.25 bits per heavy atom. The van der Waals surface area contributed by atoms with Crippen LogP contribution in [-0.2, 0) is 22.3 Å². The number of hydrogen-bond acceptors (Lipinski definition) is 6. The molecule has 2 heterocycles. The third kappa shape index (κ3) is 4.82. The van der Waals surface area contributed by atoms with Crippen LogP contribution < -0.4 is 10.1 Å². The van der Waals surface area contributed by atoms with Crippen molar-refractivity contribution in [3.63, 3.8) is 0 Å². The van der Waals surface area contributed by atoms with Crippen LogP contribution in [0.3, 0.4) is 0 Å². The van der Waals surface area contributed by atoms with Gasteiger partial charge in [0.25, 0.3) is 0 Å². The van der Waals surface area contributed by atoms with Gasteiger partial charge in [-0.25, -0.2) is 8.42 Å². The third-order valence-electron chi connectivity index (χ3n) is 4.59. The molecule has 0 atom stereocenters. The van der Waals surface area contributed by atoms with Crippen molar-refractivity contribution < 1.29 is 17.7 Å². The van der Waals surface area contributed by atoms with Crippen molar-refractivity contribution >= 4 is 16.0 Å². The van der Waals surface area contributed by atoms with Gasteiger partial charge in [0.1, 0.15) is 17.8 Å². The molecule has 0 saturated carbocycles. The van der Waals surface area contributed by atoms with Crippen molar-refractivity contribution in [2.45, 2.75) is 12.3 Å². The number of sulfonamides is 1. The van der Waals surface area contributed by atoms with Gasteiger partial charge in [0.05, 0.1) is 12.8 Å². The van der Waals surface area contributed by atoms with Crippen molar-refractivity contribution in [3.05, 3.63) is 47.9 Å². The Morgan fingerprint density at radius 2 is 2.00 bits per heavy atom. The second kappa shape index (κ2) is 9.07. The fraction of sp³-hybridized carbons (Fsp3) is 0.444. The number of nitrogens with one attached hydrogen (secondary N) is 1. The normalized spacial score (nSPS) is 16.2. The molecule has 1 aromatic heterocycles. The Kier molecular flexibility index (Phi) is 6.53. The molecule has 28 heavy (non-hydrogen) atoms. The predicted octanol–water partition coefficient (Wildman–Crippen LogP) is 0.906. The molecule has 1 N–H and O–H groups in total. The molecule has 2 aromatic rings. The summed E-state index contributed by atoms with van der Waals surface area (Å²) in [5.41, 5.74) is 1.44. The Bertz CT molecular complexity index is 890. The first kappa shape index (κ1) is 20.2. The van der Waals surface area contributed by atoms with E-state index in [9.17, 15) is 8.42 Å². The highest BCUT2D eigenvalue weighted by atomic mass is 32.2. The highest BCUT2D eigenvalue weighted by Crippen LogP contribution is 2.17. The molecule has 0 bridgehead atoms. The van der Waals surface area contributed by atoms with Crippen molar-refractivity contribution in [1.82, 2.24) is 19.7 Å². The average Bonchev–Trinajstić information content (AvgIpc) is 3.21. The minimum atomic E-state index is -3.42. The van der Waals surface area contributed by atoms with E-state index >= 15 is 0 Å². The Balaban J connectivity index is 1.55. The maximum Gasteiger partial charge on any atom is 0.220 e. The summed E-state index contributed by atoms with van der Waals surface area (Å²) in [6.07, 6.45) is 1.38. The number of nitrogens with zero attached hydrogens (tertiary/aromatic N) is 4. The maximum atomic E-state index is 12.5. The first-order valence-corrected chi connectivity index (χ1v) is 10.6. The number of hydrogen-bond donors (Lipinski definition) is 1. The molecule has 0 amide bonds. The minimum absolute atomic E-state index is 0.149. The highest BCUT2D eigenvalue weighted by molar-refractivity contribution is 7.88. The zero-order chi connectivity index (χ0) is 20.0. The van der Waals surface area contributed by atoms with Gasteiger partial charge < -0.3 is 19.5 Å². The molecule has 1 aromatic carbocycles. The lowest BCUT2D eigenvalue weighted by atomic mass is 10.2. The molecule has 0 unspecified atom stereocenters. The largest absolute Gasteiger partial charge is 0.496 e. The topological polar surface area (TPSA) is 100 Å². The zero-order valence-corrected chi connectivity index (χ0v) is 16.9. The van der Waals surface area contributed by atoms with Crippen LogP contribution in [0, 0.1) is 0 Å². The summed E-state index contributed by atoms with van der Waals surface area (Å²) in [7, 11) is -0.0534. The molecule has 152 valence electrons. The van der Waals surface area contributed by atoms with Crippen molar-refractivity contribution in [2.24, 2.45) is 4.99 Å². The van der Waals surface area contributed by atoms with Crippen LogP contribution in [0.1, 0.15) is 11.3 Å². The number of piperazine rings is 1. The fourth-order valence-corrected chi connectivity index (χ4v) is 4.55. The van der Waals surface area contributed by atoms with E-state index in [0.29, 0.717) is 38.4 Å². The van der Waals surface area contributed by atoms with E-state index in [1.807, 2.05) is 24.3 Å². The van der Waals surface area contributed by atoms with Crippen LogP contribution in [0.4, 0.5) is 0 Å². The number of aromatic nitrogens is 1. The smallest absolute Gasteiger partial charge is 0.220 e. The predicted molar refractivity (Wildman–Crippen MR) is 105 cm³/mol. The van der Waals surface area contributed by atoms with Crippen molar-refractivity contribution in [2.75, 3.05) is 40.3 Å². The summed E-state index contributed by atoms with van der Waals surface area (Å²) in [5.74, 6) is 1.40. The molecule has 0 aliphatic carbocycles. The quantitative estimate of drug-likeness (QED) is 0.561. The Hall–Kier alpha value is -2.59. The lowest BCUT2D eigenvalue weighted by Crippen LogP contribution is -2.53. The van der Waals surface area contributed by atoms with E-state index in [0.717, 1.165) is 17.3 Å². The van der Waals surface area contributed by atoms with Gasteiger partial charge in [-0.2, -0.15) is 4.31 Å². The van der Waals surface area contributed by atoms with Crippen LogP contribution >= 0.6 is 0 Å². The summed E-state index contributed by atoms with van der Waals surface area (Å²) in [6, 6.07) is 9.36. The van der Waals surface area contributed by atoms with Gasteiger partial charge in [-0.1, -0.05) is 23.4 Å². The van der Waals surface area contributed by atoms with E-state index in [4.69, 9.17) is 9.26 Å². The average molecular weight is 407 g/mol. The van der Waals surface area contributed by atoms with E-state index < -0.39 is 10.0 Å². The molecule has 10 heteroatoms. The molecule has 3 rings (SSSR count). The summed E-state index contributed by atoms with van der Waals surface area (Å²) in [5, 5.41) is 7.01. The number of guanidine groups is 1. The lowest BCUT2D eigenvalue weighted by molar-refractivity contribution is 0.259. The van der Waals surface area contributed by atoms with Crippen molar-refractivity contribution in [3.8, 4) is 5.75 Å². The molecule has 1 fully saturated rings. The van der Waals surface area contributed by atoms with Crippen LogP contribution in [0.5, 0.6) is 5.75 Å². The van der Waals surface area contributed by atoms with Gasteiger partial charge in [-0.3, -0.25) is 4.99 Å². The van der Waals surface area contributed by atoms with Gasteiger partial charge in [0.2, 0.25) is 10.0 Å². The Labute approximate surface area is 165 Å². The molecule has 0 spiro atoms. The molecule has 0 radical (unpaired) electrons. The number of para-hydroxylation sites is 1. The van der Waals surface area contributed by atoms with Gasteiger partial charge in [0.15, 0.2) is 5.96 Å². The van der Waals surface area contributed by atoms with Crippen molar-refractivity contribution in [1.29, 1.82) is 0 Å². The Morgan fingerprint density at radius 3 is 2.64 bits per heavy atom. The van der Waals surface area contributed by atoms with Crippen LogP contribution in [0.2, 0.25) is 0 Å². The first-order valence-electron chi connectivity index (χ1n) is 8.98. The highest BCUT2D eigenvalue weighted by Gasteiger charge is 2.29. The molecule has 1 aliphatic heterocycles. The maximum absolute atomic E-state index is 12.5. The minimum Gasteiger partial charge on any atom is -0.496 e.